The molecule has 2 heterocycles. The summed E-state index contributed by atoms with van der Waals surface area (Å²) < 4.78 is 8.32. The number of rotatable bonds is 3. The number of nitrogens with zero attached hydrogens (tertiary/aromatic N) is 2. The van der Waals surface area contributed by atoms with Crippen molar-refractivity contribution < 1.29 is 9.21 Å². The fourth-order valence-electron chi connectivity index (χ4n) is 1.95. The number of nitrogens with one attached hydrogen (secondary N) is 1. The number of fused-ring (bicyclic) bond motifs is 1. The number of carbonyl (C=O) groups excluding carboxylic acids is 1. The largest absolute Gasteiger partial charge is 0.451 e. The first-order valence-electron chi connectivity index (χ1n) is 6.27. The summed E-state index contributed by atoms with van der Waals surface area (Å²) >= 11 is 3.38. The highest BCUT2D eigenvalue weighted by Crippen LogP contribution is 2.23. The summed E-state index contributed by atoms with van der Waals surface area (Å²) in [7, 11) is 1.90. The van der Waals surface area contributed by atoms with Crippen LogP contribution < -0.4 is 5.43 Å². The van der Waals surface area contributed by atoms with Crippen LogP contribution in [0, 0.1) is 0 Å². The zero-order chi connectivity index (χ0) is 14.8. The highest BCUT2D eigenvalue weighted by atomic mass is 79.9. The Bertz CT molecular complexity index is 832. The second-order valence-electron chi connectivity index (χ2n) is 4.54. The molecule has 5 nitrogen and oxygen atoms in total. The SMILES string of the molecule is Cn1cccc1/C=N/NC(=O)c1cc2cc(Br)ccc2o1. The molecule has 0 radical (unpaired) electrons. The van der Waals surface area contributed by atoms with Gasteiger partial charge in [0.1, 0.15) is 5.58 Å². The van der Waals surface area contributed by atoms with Crippen molar-refractivity contribution in [3.8, 4) is 0 Å². The highest BCUT2D eigenvalue weighted by molar-refractivity contribution is 9.10. The van der Waals surface area contributed by atoms with Crippen molar-refractivity contribution in [3.63, 3.8) is 0 Å². The van der Waals surface area contributed by atoms with E-state index < -0.39 is 0 Å². The van der Waals surface area contributed by atoms with Crippen LogP contribution in [0.1, 0.15) is 16.2 Å². The maximum Gasteiger partial charge on any atom is 0.307 e. The van der Waals surface area contributed by atoms with Gasteiger partial charge >= 0.3 is 5.91 Å². The van der Waals surface area contributed by atoms with E-state index in [0.717, 1.165) is 15.6 Å². The molecule has 6 heteroatoms. The summed E-state index contributed by atoms with van der Waals surface area (Å²) in [4.78, 5) is 12.0. The third-order valence-corrected chi connectivity index (χ3v) is 3.54. The standard InChI is InChI=1S/C15H12BrN3O2/c1-19-6-2-3-12(19)9-17-18-15(20)14-8-10-7-11(16)4-5-13(10)21-14/h2-9H,1H3,(H,18,20)/b17-9+. The molecule has 0 bridgehead atoms. The van der Waals surface area contributed by atoms with Gasteiger partial charge in [-0.05, 0) is 36.4 Å². The molecule has 1 amide bonds. The summed E-state index contributed by atoms with van der Waals surface area (Å²) in [6.45, 7) is 0. The van der Waals surface area contributed by atoms with Crippen molar-refractivity contribution in [2.45, 2.75) is 0 Å². The predicted octanol–water partition coefficient (Wildman–Crippen LogP) is 3.30. The van der Waals surface area contributed by atoms with Crippen LogP contribution in [0.25, 0.3) is 11.0 Å². The molecule has 3 aromatic rings. The van der Waals surface area contributed by atoms with Crippen LogP contribution in [-0.4, -0.2) is 16.7 Å². The number of hydrogen-bond donors (Lipinski definition) is 1. The number of aromatic nitrogens is 1. The van der Waals surface area contributed by atoms with Crippen molar-refractivity contribution in [2.75, 3.05) is 0 Å². The highest BCUT2D eigenvalue weighted by Gasteiger charge is 2.11. The van der Waals surface area contributed by atoms with E-state index in [1.54, 1.807) is 12.3 Å². The minimum absolute atomic E-state index is 0.229. The van der Waals surface area contributed by atoms with E-state index in [9.17, 15) is 4.79 Å². The average molecular weight is 346 g/mol. The lowest BCUT2D eigenvalue weighted by atomic mass is 10.2. The van der Waals surface area contributed by atoms with Crippen LogP contribution in [0.3, 0.4) is 0 Å². The maximum absolute atomic E-state index is 12.0. The number of carbonyl (C=O) groups is 1. The van der Waals surface area contributed by atoms with E-state index in [0.29, 0.717) is 5.58 Å². The van der Waals surface area contributed by atoms with Gasteiger partial charge in [-0.15, -0.1) is 0 Å². The quantitative estimate of drug-likeness (QED) is 0.584. The van der Waals surface area contributed by atoms with E-state index in [4.69, 9.17) is 4.42 Å². The lowest BCUT2D eigenvalue weighted by Crippen LogP contribution is -2.17. The van der Waals surface area contributed by atoms with Gasteiger partial charge in [-0.3, -0.25) is 4.79 Å². The molecule has 1 aromatic carbocycles. The smallest absolute Gasteiger partial charge is 0.307 e. The van der Waals surface area contributed by atoms with Crippen LogP contribution in [-0.2, 0) is 7.05 Å². The molecule has 0 fully saturated rings. The third-order valence-electron chi connectivity index (χ3n) is 3.05. The fourth-order valence-corrected chi connectivity index (χ4v) is 2.33. The van der Waals surface area contributed by atoms with Crippen molar-refractivity contribution in [3.05, 3.63) is 58.5 Å². The van der Waals surface area contributed by atoms with Crippen molar-refractivity contribution in [2.24, 2.45) is 12.1 Å². The van der Waals surface area contributed by atoms with E-state index in [2.05, 4.69) is 26.5 Å². The van der Waals surface area contributed by atoms with Crippen LogP contribution in [0.4, 0.5) is 0 Å². The Labute approximate surface area is 129 Å². The number of hydrazone groups is 1. The number of furan rings is 1. The molecule has 1 N–H and O–H groups in total. The Morgan fingerprint density at radius 3 is 3.00 bits per heavy atom. The van der Waals surface area contributed by atoms with Crippen molar-refractivity contribution >= 4 is 39.0 Å². The molecular weight excluding hydrogens is 334 g/mol. The van der Waals surface area contributed by atoms with Gasteiger partial charge in [0.25, 0.3) is 0 Å². The normalized spacial score (nSPS) is 11.3. The van der Waals surface area contributed by atoms with Gasteiger partial charge in [0.05, 0.1) is 11.9 Å². The first kappa shape index (κ1) is 13.6. The molecule has 0 aliphatic heterocycles. The second kappa shape index (κ2) is 5.57. The minimum Gasteiger partial charge on any atom is -0.451 e. The Morgan fingerprint density at radius 2 is 2.24 bits per heavy atom. The Balaban J connectivity index is 1.75. The molecule has 0 saturated heterocycles. The van der Waals surface area contributed by atoms with Crippen LogP contribution in [0.5, 0.6) is 0 Å². The second-order valence-corrected chi connectivity index (χ2v) is 5.45. The molecule has 0 atom stereocenters. The van der Waals surface area contributed by atoms with Crippen molar-refractivity contribution in [1.29, 1.82) is 0 Å². The first-order chi connectivity index (χ1) is 10.1. The summed E-state index contributed by atoms with van der Waals surface area (Å²) in [5, 5.41) is 4.79. The molecule has 0 aliphatic carbocycles. The Morgan fingerprint density at radius 1 is 1.38 bits per heavy atom. The monoisotopic (exact) mass is 345 g/mol. The molecular formula is C15H12BrN3O2. The number of amides is 1. The number of halogens is 1. The van der Waals surface area contributed by atoms with E-state index in [1.807, 2.05) is 48.1 Å². The van der Waals surface area contributed by atoms with E-state index in [-0.39, 0.29) is 11.7 Å². The third kappa shape index (κ3) is 2.90. The number of benzene rings is 1. The summed E-state index contributed by atoms with van der Waals surface area (Å²) in [6.07, 6.45) is 3.48. The van der Waals surface area contributed by atoms with Crippen LogP contribution in [0.15, 0.2) is 56.6 Å². The van der Waals surface area contributed by atoms with E-state index >= 15 is 0 Å². The summed E-state index contributed by atoms with van der Waals surface area (Å²) in [5.74, 6) is -0.153. The lowest BCUT2D eigenvalue weighted by molar-refractivity contribution is 0.0929. The fraction of sp³-hybridized carbons (Fsp3) is 0.0667. The number of aryl methyl sites for hydroxylation is 1. The predicted molar refractivity (Wildman–Crippen MR) is 84.4 cm³/mol. The topological polar surface area (TPSA) is 59.5 Å². The van der Waals surface area contributed by atoms with Gasteiger partial charge in [-0.2, -0.15) is 5.10 Å². The average Bonchev–Trinajstić information content (AvgIpc) is 3.05. The first-order valence-corrected chi connectivity index (χ1v) is 7.06. The van der Waals surface area contributed by atoms with Gasteiger partial charge < -0.3 is 8.98 Å². The Hall–Kier alpha value is -2.34. The van der Waals surface area contributed by atoms with Gasteiger partial charge in [0.15, 0.2) is 5.76 Å². The molecule has 2 aromatic heterocycles. The molecule has 21 heavy (non-hydrogen) atoms. The maximum atomic E-state index is 12.0. The molecule has 0 spiro atoms. The van der Waals surface area contributed by atoms with Gasteiger partial charge in [-0.25, -0.2) is 5.43 Å². The number of hydrogen-bond acceptors (Lipinski definition) is 3. The minimum atomic E-state index is -0.382. The van der Waals surface area contributed by atoms with E-state index in [1.165, 1.54) is 0 Å². The molecule has 0 saturated carbocycles. The Kier molecular flexibility index (Phi) is 3.62. The zero-order valence-corrected chi connectivity index (χ0v) is 12.8. The van der Waals surface area contributed by atoms with Crippen LogP contribution >= 0.6 is 15.9 Å². The van der Waals surface area contributed by atoms with Crippen LogP contribution in [0.2, 0.25) is 0 Å². The van der Waals surface area contributed by atoms with Gasteiger partial charge in [0.2, 0.25) is 0 Å². The zero-order valence-electron chi connectivity index (χ0n) is 11.2. The van der Waals surface area contributed by atoms with Gasteiger partial charge in [-0.1, -0.05) is 15.9 Å². The molecule has 0 aliphatic rings. The summed E-state index contributed by atoms with van der Waals surface area (Å²) in [5.41, 5.74) is 4.01. The molecule has 3 rings (SSSR count). The summed E-state index contributed by atoms with van der Waals surface area (Å²) in [6, 6.07) is 11.1. The molecule has 106 valence electrons. The molecule has 0 unspecified atom stereocenters. The lowest BCUT2D eigenvalue weighted by Gasteiger charge is -1.96. The van der Waals surface area contributed by atoms with Gasteiger partial charge in [0, 0.05) is 23.1 Å². The van der Waals surface area contributed by atoms with Crippen molar-refractivity contribution in [1.82, 2.24) is 9.99 Å².